The lowest BCUT2D eigenvalue weighted by Crippen LogP contribution is -2.19. The third kappa shape index (κ3) is 3.18. The summed E-state index contributed by atoms with van der Waals surface area (Å²) in [7, 11) is 0. The van der Waals surface area contributed by atoms with Gasteiger partial charge in [0, 0.05) is 6.04 Å². The topological polar surface area (TPSA) is 12.0 Å². The van der Waals surface area contributed by atoms with Gasteiger partial charge in [-0.15, -0.1) is 0 Å². The van der Waals surface area contributed by atoms with Gasteiger partial charge in [-0.25, -0.2) is 0 Å². The average Bonchev–Trinajstić information content (AvgIpc) is 2.90. The van der Waals surface area contributed by atoms with Gasteiger partial charge in [0.2, 0.25) is 0 Å². The Morgan fingerprint density at radius 1 is 1.24 bits per heavy atom. The molecule has 0 aliphatic rings. The number of thiophene rings is 1. The number of hydrogen-bond acceptors (Lipinski definition) is 2. The largest absolute Gasteiger partial charge is 0.310 e. The van der Waals surface area contributed by atoms with Crippen LogP contribution in [0.15, 0.2) is 41.1 Å². The first-order valence-corrected chi connectivity index (χ1v) is 7.11. The summed E-state index contributed by atoms with van der Waals surface area (Å²) in [6.45, 7) is 5.49. The zero-order valence-electron chi connectivity index (χ0n) is 10.4. The van der Waals surface area contributed by atoms with Gasteiger partial charge in [-0.05, 0) is 59.5 Å². The van der Waals surface area contributed by atoms with Gasteiger partial charge in [0.15, 0.2) is 0 Å². The van der Waals surface area contributed by atoms with Gasteiger partial charge in [-0.2, -0.15) is 11.3 Å². The first kappa shape index (κ1) is 12.3. The van der Waals surface area contributed by atoms with Crippen LogP contribution in [0.25, 0.3) is 11.1 Å². The monoisotopic (exact) mass is 245 g/mol. The maximum Gasteiger partial charge on any atom is 0.0292 e. The average molecular weight is 245 g/mol. The zero-order valence-corrected chi connectivity index (χ0v) is 11.3. The molecule has 0 fully saturated rings. The van der Waals surface area contributed by atoms with Crippen molar-refractivity contribution in [3.63, 3.8) is 0 Å². The van der Waals surface area contributed by atoms with Crippen LogP contribution >= 0.6 is 11.3 Å². The molecule has 0 aliphatic carbocycles. The molecule has 0 saturated heterocycles. The highest BCUT2D eigenvalue weighted by Gasteiger charge is 2.05. The summed E-state index contributed by atoms with van der Waals surface area (Å²) in [5.74, 6) is 0. The Kier molecular flexibility index (Phi) is 4.35. The van der Waals surface area contributed by atoms with Crippen LogP contribution in [0.3, 0.4) is 0 Å². The molecule has 17 heavy (non-hydrogen) atoms. The van der Waals surface area contributed by atoms with Crippen LogP contribution in [0.5, 0.6) is 0 Å². The lowest BCUT2D eigenvalue weighted by atomic mass is 10.0. The molecule has 1 N–H and O–H groups in total. The van der Waals surface area contributed by atoms with Crippen molar-refractivity contribution in [2.75, 3.05) is 6.54 Å². The number of nitrogens with one attached hydrogen (secondary N) is 1. The zero-order chi connectivity index (χ0) is 12.1. The lowest BCUT2D eigenvalue weighted by molar-refractivity contribution is 0.571. The molecule has 0 aliphatic heterocycles. The number of benzene rings is 1. The third-order valence-corrected chi connectivity index (χ3v) is 3.62. The van der Waals surface area contributed by atoms with Crippen molar-refractivity contribution in [2.45, 2.75) is 26.3 Å². The van der Waals surface area contributed by atoms with E-state index in [2.05, 4.69) is 60.3 Å². The molecule has 0 saturated carbocycles. The summed E-state index contributed by atoms with van der Waals surface area (Å²) >= 11 is 1.75. The van der Waals surface area contributed by atoms with Gasteiger partial charge in [-0.3, -0.25) is 0 Å². The maximum absolute atomic E-state index is 3.52. The van der Waals surface area contributed by atoms with E-state index in [9.17, 15) is 0 Å². The highest BCUT2D eigenvalue weighted by atomic mass is 32.1. The summed E-state index contributed by atoms with van der Waals surface area (Å²) in [4.78, 5) is 0. The van der Waals surface area contributed by atoms with Crippen LogP contribution < -0.4 is 5.32 Å². The quantitative estimate of drug-likeness (QED) is 0.819. The Morgan fingerprint density at radius 3 is 2.82 bits per heavy atom. The standard InChI is InChI=1S/C15H19NS/c1-3-8-16-12(2)13-5-4-6-14(10-13)15-7-9-17-11-15/h4-7,9-12,16H,3,8H2,1-2H3. The second-order valence-electron chi connectivity index (χ2n) is 4.31. The van der Waals surface area contributed by atoms with E-state index in [1.165, 1.54) is 23.1 Å². The first-order chi connectivity index (χ1) is 8.31. The van der Waals surface area contributed by atoms with E-state index in [-0.39, 0.29) is 0 Å². The first-order valence-electron chi connectivity index (χ1n) is 6.17. The molecule has 90 valence electrons. The van der Waals surface area contributed by atoms with Crippen molar-refractivity contribution in [2.24, 2.45) is 0 Å². The highest BCUT2D eigenvalue weighted by molar-refractivity contribution is 7.08. The minimum atomic E-state index is 0.425. The number of hydrogen-bond donors (Lipinski definition) is 1. The summed E-state index contributed by atoms with van der Waals surface area (Å²) in [5, 5.41) is 7.85. The molecule has 1 atom stereocenters. The summed E-state index contributed by atoms with van der Waals surface area (Å²) in [5.41, 5.74) is 4.00. The third-order valence-electron chi connectivity index (χ3n) is 2.94. The van der Waals surface area contributed by atoms with Crippen molar-refractivity contribution in [1.29, 1.82) is 0 Å². The Balaban J connectivity index is 2.17. The molecule has 0 bridgehead atoms. The van der Waals surface area contributed by atoms with Gasteiger partial charge >= 0.3 is 0 Å². The van der Waals surface area contributed by atoms with E-state index in [1.807, 2.05) is 0 Å². The molecule has 2 rings (SSSR count). The lowest BCUT2D eigenvalue weighted by Gasteiger charge is -2.14. The van der Waals surface area contributed by atoms with Gasteiger partial charge in [-0.1, -0.05) is 25.1 Å². The Labute approximate surface area is 108 Å². The minimum absolute atomic E-state index is 0.425. The van der Waals surface area contributed by atoms with Crippen LogP contribution in [-0.4, -0.2) is 6.54 Å². The predicted octanol–water partition coefficient (Wildman–Crippen LogP) is 4.48. The molecule has 0 radical (unpaired) electrons. The SMILES string of the molecule is CCCNC(C)c1cccc(-c2ccsc2)c1. The molecule has 2 heteroatoms. The second kappa shape index (κ2) is 5.99. The summed E-state index contributed by atoms with van der Waals surface area (Å²) in [6, 6.07) is 11.4. The molecule has 2 aromatic rings. The highest BCUT2D eigenvalue weighted by Crippen LogP contribution is 2.25. The van der Waals surface area contributed by atoms with Crippen LogP contribution in [0.2, 0.25) is 0 Å². The minimum Gasteiger partial charge on any atom is -0.310 e. The predicted molar refractivity (Wildman–Crippen MR) is 76.5 cm³/mol. The van der Waals surface area contributed by atoms with E-state index in [4.69, 9.17) is 0 Å². The molecule has 1 aromatic heterocycles. The van der Waals surface area contributed by atoms with E-state index in [0.717, 1.165) is 6.54 Å². The van der Waals surface area contributed by atoms with E-state index >= 15 is 0 Å². The van der Waals surface area contributed by atoms with Crippen LogP contribution in [-0.2, 0) is 0 Å². The van der Waals surface area contributed by atoms with Crippen molar-refractivity contribution in [3.05, 3.63) is 46.7 Å². The van der Waals surface area contributed by atoms with Crippen molar-refractivity contribution in [1.82, 2.24) is 5.32 Å². The smallest absolute Gasteiger partial charge is 0.0292 e. The second-order valence-corrected chi connectivity index (χ2v) is 5.09. The van der Waals surface area contributed by atoms with Gasteiger partial charge in [0.25, 0.3) is 0 Å². The van der Waals surface area contributed by atoms with Crippen molar-refractivity contribution >= 4 is 11.3 Å². The molecule has 1 aromatic carbocycles. The van der Waals surface area contributed by atoms with Gasteiger partial charge in [0.1, 0.15) is 0 Å². The van der Waals surface area contributed by atoms with E-state index < -0.39 is 0 Å². The molecule has 0 amide bonds. The van der Waals surface area contributed by atoms with Crippen molar-refractivity contribution < 1.29 is 0 Å². The van der Waals surface area contributed by atoms with Crippen molar-refractivity contribution in [3.8, 4) is 11.1 Å². The van der Waals surface area contributed by atoms with E-state index in [0.29, 0.717) is 6.04 Å². The fourth-order valence-corrected chi connectivity index (χ4v) is 2.56. The molecule has 1 nitrogen and oxygen atoms in total. The molecular formula is C15H19NS. The Bertz CT molecular complexity index is 448. The normalized spacial score (nSPS) is 12.6. The van der Waals surface area contributed by atoms with Gasteiger partial charge < -0.3 is 5.32 Å². The maximum atomic E-state index is 3.52. The van der Waals surface area contributed by atoms with Crippen LogP contribution in [0.4, 0.5) is 0 Å². The fraction of sp³-hybridized carbons (Fsp3) is 0.333. The van der Waals surface area contributed by atoms with E-state index in [1.54, 1.807) is 11.3 Å². The Hall–Kier alpha value is -1.12. The Morgan fingerprint density at radius 2 is 2.12 bits per heavy atom. The molecule has 0 spiro atoms. The fourth-order valence-electron chi connectivity index (χ4n) is 1.89. The summed E-state index contributed by atoms with van der Waals surface area (Å²) < 4.78 is 0. The number of rotatable bonds is 5. The van der Waals surface area contributed by atoms with Gasteiger partial charge in [0.05, 0.1) is 0 Å². The molecule has 1 unspecified atom stereocenters. The molecular weight excluding hydrogens is 226 g/mol. The van der Waals surface area contributed by atoms with Crippen LogP contribution in [0.1, 0.15) is 31.9 Å². The summed E-state index contributed by atoms with van der Waals surface area (Å²) in [6.07, 6.45) is 1.18. The molecule has 1 heterocycles. The van der Waals surface area contributed by atoms with Crippen LogP contribution in [0, 0.1) is 0 Å².